The highest BCUT2D eigenvalue weighted by molar-refractivity contribution is 6.63. The minimum Gasteiger partial charge on any atom is -0.399 e. The third-order valence-corrected chi connectivity index (χ3v) is 5.15. The molecule has 0 unspecified atom stereocenters. The van der Waals surface area contributed by atoms with E-state index in [1.807, 2.05) is 0 Å². The molecule has 0 bridgehead atoms. The normalized spacial score (nSPS) is 19.9. The highest BCUT2D eigenvalue weighted by Gasteiger charge is 2.53. The van der Waals surface area contributed by atoms with E-state index in [9.17, 15) is 0 Å². The molecule has 1 aromatic rings. The van der Waals surface area contributed by atoms with Gasteiger partial charge in [-0.1, -0.05) is 26.2 Å². The van der Waals surface area contributed by atoms with Crippen molar-refractivity contribution in [3.05, 3.63) is 11.4 Å². The summed E-state index contributed by atoms with van der Waals surface area (Å²) < 4.78 is 14.5. The molecular weight excluding hydrogens is 275 g/mol. The molecule has 22 heavy (non-hydrogen) atoms. The Labute approximate surface area is 135 Å². The van der Waals surface area contributed by atoms with E-state index in [2.05, 4.69) is 53.1 Å². The number of hydrogen-bond acceptors (Lipinski definition) is 3. The van der Waals surface area contributed by atoms with Gasteiger partial charge in [-0.2, -0.15) is 5.10 Å². The van der Waals surface area contributed by atoms with Crippen LogP contribution < -0.4 is 5.46 Å². The van der Waals surface area contributed by atoms with Crippen LogP contribution in [0.15, 0.2) is 0 Å². The number of hydrogen-bond donors (Lipinski definition) is 0. The zero-order chi connectivity index (χ0) is 16.5. The zero-order valence-electron chi connectivity index (χ0n) is 15.3. The van der Waals surface area contributed by atoms with Gasteiger partial charge in [0.1, 0.15) is 0 Å². The Hall–Kier alpha value is -0.805. The molecule has 0 aliphatic carbocycles. The van der Waals surface area contributed by atoms with Crippen molar-refractivity contribution in [2.24, 2.45) is 0 Å². The van der Waals surface area contributed by atoms with Crippen molar-refractivity contribution in [1.82, 2.24) is 9.78 Å². The fourth-order valence-electron chi connectivity index (χ4n) is 2.92. The van der Waals surface area contributed by atoms with Crippen molar-refractivity contribution in [2.75, 3.05) is 0 Å². The first-order valence-corrected chi connectivity index (χ1v) is 8.59. The van der Waals surface area contributed by atoms with E-state index < -0.39 is 0 Å². The molecule has 2 rings (SSSR count). The fourth-order valence-corrected chi connectivity index (χ4v) is 2.92. The summed E-state index contributed by atoms with van der Waals surface area (Å²) in [6.45, 7) is 15.8. The predicted molar refractivity (Wildman–Crippen MR) is 91.6 cm³/mol. The molecule has 1 aliphatic heterocycles. The first kappa shape index (κ1) is 17.5. The summed E-state index contributed by atoms with van der Waals surface area (Å²) in [5.41, 5.74) is 2.69. The maximum Gasteiger partial charge on any atom is 0.498 e. The lowest BCUT2D eigenvalue weighted by Crippen LogP contribution is -2.41. The number of rotatable bonds is 6. The number of aromatic nitrogens is 2. The first-order chi connectivity index (χ1) is 10.2. The molecule has 4 nitrogen and oxygen atoms in total. The topological polar surface area (TPSA) is 36.3 Å². The van der Waals surface area contributed by atoms with Gasteiger partial charge in [0.25, 0.3) is 0 Å². The highest BCUT2D eigenvalue weighted by Crippen LogP contribution is 2.36. The van der Waals surface area contributed by atoms with Crippen LogP contribution in [-0.2, 0) is 15.9 Å². The van der Waals surface area contributed by atoms with Crippen molar-refractivity contribution < 1.29 is 9.31 Å². The van der Waals surface area contributed by atoms with Crippen LogP contribution in [0.5, 0.6) is 0 Å². The third kappa shape index (κ3) is 3.25. The van der Waals surface area contributed by atoms with Gasteiger partial charge in [0, 0.05) is 17.7 Å². The van der Waals surface area contributed by atoms with Gasteiger partial charge in [0.05, 0.1) is 16.9 Å². The molecule has 1 fully saturated rings. The van der Waals surface area contributed by atoms with Crippen LogP contribution >= 0.6 is 0 Å². The second kappa shape index (κ2) is 6.36. The van der Waals surface area contributed by atoms with E-state index in [4.69, 9.17) is 14.4 Å². The third-order valence-electron chi connectivity index (χ3n) is 5.15. The van der Waals surface area contributed by atoms with Gasteiger partial charge in [-0.3, -0.25) is 4.68 Å². The lowest BCUT2D eigenvalue weighted by Gasteiger charge is -2.32. The van der Waals surface area contributed by atoms with Gasteiger partial charge in [-0.05, 0) is 48.0 Å². The highest BCUT2D eigenvalue weighted by atomic mass is 16.7. The SMILES string of the molecule is CCCCCCn1nc(C)c(B2OC(C)(C)C(C)(C)O2)c1C. The summed E-state index contributed by atoms with van der Waals surface area (Å²) in [6, 6.07) is 0. The molecule has 1 saturated heterocycles. The summed E-state index contributed by atoms with van der Waals surface area (Å²) in [5, 5.41) is 4.70. The monoisotopic (exact) mass is 306 g/mol. The molecule has 0 N–H and O–H groups in total. The zero-order valence-corrected chi connectivity index (χ0v) is 15.3. The Morgan fingerprint density at radius 3 is 2.14 bits per heavy atom. The van der Waals surface area contributed by atoms with E-state index in [0.717, 1.165) is 17.7 Å². The van der Waals surface area contributed by atoms with E-state index in [1.54, 1.807) is 0 Å². The van der Waals surface area contributed by atoms with E-state index in [0.29, 0.717) is 0 Å². The second-order valence-electron chi connectivity index (χ2n) is 7.46. The minimum absolute atomic E-state index is 0.306. The maximum absolute atomic E-state index is 6.19. The van der Waals surface area contributed by atoms with Crippen LogP contribution in [0.3, 0.4) is 0 Å². The molecule has 1 aromatic heterocycles. The number of unbranched alkanes of at least 4 members (excludes halogenated alkanes) is 3. The van der Waals surface area contributed by atoms with Gasteiger partial charge in [0.2, 0.25) is 0 Å². The average Bonchev–Trinajstić information content (AvgIpc) is 2.79. The molecule has 0 saturated carbocycles. The number of nitrogens with zero attached hydrogens (tertiary/aromatic N) is 2. The largest absolute Gasteiger partial charge is 0.498 e. The number of aryl methyl sites for hydroxylation is 2. The molecular formula is C17H31BN2O2. The Morgan fingerprint density at radius 1 is 1.00 bits per heavy atom. The molecule has 1 aliphatic rings. The average molecular weight is 306 g/mol. The van der Waals surface area contributed by atoms with Crippen LogP contribution in [-0.4, -0.2) is 28.1 Å². The van der Waals surface area contributed by atoms with Crippen LogP contribution in [0.2, 0.25) is 0 Å². The molecule has 0 radical (unpaired) electrons. The Morgan fingerprint density at radius 2 is 1.59 bits per heavy atom. The molecule has 2 heterocycles. The molecule has 0 spiro atoms. The summed E-state index contributed by atoms with van der Waals surface area (Å²) in [7, 11) is -0.311. The summed E-state index contributed by atoms with van der Waals surface area (Å²) in [4.78, 5) is 0. The lowest BCUT2D eigenvalue weighted by molar-refractivity contribution is 0.00578. The Kier molecular flexibility index (Phi) is 5.08. The van der Waals surface area contributed by atoms with Gasteiger partial charge in [0.15, 0.2) is 0 Å². The minimum atomic E-state index is -0.311. The van der Waals surface area contributed by atoms with Gasteiger partial charge < -0.3 is 9.31 Å². The fraction of sp³-hybridized carbons (Fsp3) is 0.824. The summed E-state index contributed by atoms with van der Waals surface area (Å²) in [6.07, 6.45) is 5.00. The van der Waals surface area contributed by atoms with Crippen LogP contribution in [0.25, 0.3) is 0 Å². The molecule has 0 amide bonds. The van der Waals surface area contributed by atoms with Gasteiger partial charge >= 0.3 is 7.12 Å². The van der Waals surface area contributed by atoms with Crippen molar-refractivity contribution in [1.29, 1.82) is 0 Å². The first-order valence-electron chi connectivity index (χ1n) is 8.59. The molecule has 0 atom stereocenters. The van der Waals surface area contributed by atoms with Crippen molar-refractivity contribution in [2.45, 2.75) is 91.9 Å². The lowest BCUT2D eigenvalue weighted by atomic mass is 9.77. The Bertz CT molecular complexity index is 507. The second-order valence-corrected chi connectivity index (χ2v) is 7.46. The Balaban J connectivity index is 2.14. The van der Waals surface area contributed by atoms with Gasteiger partial charge in [-0.25, -0.2) is 0 Å². The summed E-state index contributed by atoms with van der Waals surface area (Å²) in [5.74, 6) is 0. The molecule has 5 heteroatoms. The van der Waals surface area contributed by atoms with Crippen LogP contribution in [0.1, 0.15) is 71.7 Å². The van der Waals surface area contributed by atoms with Gasteiger partial charge in [-0.15, -0.1) is 0 Å². The van der Waals surface area contributed by atoms with Crippen molar-refractivity contribution in [3.8, 4) is 0 Å². The molecule has 0 aromatic carbocycles. The van der Waals surface area contributed by atoms with Crippen molar-refractivity contribution >= 4 is 12.6 Å². The van der Waals surface area contributed by atoms with Crippen molar-refractivity contribution in [3.63, 3.8) is 0 Å². The predicted octanol–water partition coefficient (Wildman–Crippen LogP) is 3.38. The maximum atomic E-state index is 6.19. The quantitative estimate of drug-likeness (QED) is 0.597. The smallest absolute Gasteiger partial charge is 0.399 e. The van der Waals surface area contributed by atoms with E-state index in [-0.39, 0.29) is 18.3 Å². The van der Waals surface area contributed by atoms with E-state index in [1.165, 1.54) is 31.4 Å². The van der Waals surface area contributed by atoms with Crippen LogP contribution in [0, 0.1) is 13.8 Å². The summed E-state index contributed by atoms with van der Waals surface area (Å²) >= 11 is 0. The van der Waals surface area contributed by atoms with E-state index >= 15 is 0 Å². The standard InChI is InChI=1S/C17H31BN2O2/c1-8-9-10-11-12-20-14(3)15(13(2)19-20)18-21-16(4,5)17(6,7)22-18/h8-12H2,1-7H3. The molecule has 124 valence electrons. The van der Waals surface area contributed by atoms with Crippen LogP contribution in [0.4, 0.5) is 0 Å².